The van der Waals surface area contributed by atoms with E-state index in [1.54, 1.807) is 0 Å². The fraction of sp³-hybridized carbons (Fsp3) is 0.222. The molecule has 0 aromatic heterocycles. The average molecular weight is 278 g/mol. The molecule has 1 aromatic carbocycles. The van der Waals surface area contributed by atoms with Crippen molar-refractivity contribution in [2.45, 2.75) is 6.04 Å². The van der Waals surface area contributed by atoms with Crippen LogP contribution in [0.2, 0.25) is 0 Å². The Morgan fingerprint density at radius 2 is 2.20 bits per heavy atom. The minimum absolute atomic E-state index is 0.0734. The summed E-state index contributed by atoms with van der Waals surface area (Å²) in [7, 11) is 0. The highest BCUT2D eigenvalue weighted by Gasteiger charge is 2.18. The van der Waals surface area contributed by atoms with Crippen molar-refractivity contribution in [2.24, 2.45) is 5.73 Å². The van der Waals surface area contributed by atoms with E-state index >= 15 is 0 Å². The number of halogens is 2. The highest BCUT2D eigenvalue weighted by molar-refractivity contribution is 9.10. The molecular weight excluding hydrogens is 269 g/mol. The van der Waals surface area contributed by atoms with Gasteiger partial charge in [-0.3, -0.25) is 0 Å². The molecule has 4 N–H and O–H groups in total. The van der Waals surface area contributed by atoms with Gasteiger partial charge in [0.1, 0.15) is 18.0 Å². The number of aromatic carboxylic acids is 1. The second kappa shape index (κ2) is 4.59. The first kappa shape index (κ1) is 11.9. The van der Waals surface area contributed by atoms with Crippen LogP contribution in [0.1, 0.15) is 22.0 Å². The molecule has 82 valence electrons. The van der Waals surface area contributed by atoms with Gasteiger partial charge >= 0.3 is 5.97 Å². The number of benzene rings is 1. The molecule has 0 fully saturated rings. The molecular formula is C9H9BrFNO3. The van der Waals surface area contributed by atoms with E-state index in [2.05, 4.69) is 15.9 Å². The molecule has 0 bridgehead atoms. The van der Waals surface area contributed by atoms with Crippen LogP contribution in [-0.4, -0.2) is 22.9 Å². The van der Waals surface area contributed by atoms with Crippen molar-refractivity contribution in [3.05, 3.63) is 27.7 Å². The zero-order valence-electron chi connectivity index (χ0n) is 7.58. The Balaban J connectivity index is 3.34. The van der Waals surface area contributed by atoms with Crippen molar-refractivity contribution >= 4 is 21.9 Å². The van der Waals surface area contributed by atoms with E-state index < -0.39 is 24.4 Å². The molecule has 1 atom stereocenters. The number of carbonyl (C=O) groups is 1. The van der Waals surface area contributed by atoms with E-state index in [0.29, 0.717) is 4.47 Å². The van der Waals surface area contributed by atoms with Crippen LogP contribution < -0.4 is 5.73 Å². The number of hydrogen-bond donors (Lipinski definition) is 3. The first-order chi connectivity index (χ1) is 6.97. The monoisotopic (exact) mass is 277 g/mol. The van der Waals surface area contributed by atoms with Crippen LogP contribution in [0.4, 0.5) is 4.39 Å². The van der Waals surface area contributed by atoms with Gasteiger partial charge in [0.05, 0.1) is 6.04 Å². The van der Waals surface area contributed by atoms with Crippen molar-refractivity contribution in [3.63, 3.8) is 0 Å². The number of phenols is 1. The van der Waals surface area contributed by atoms with Crippen molar-refractivity contribution in [1.29, 1.82) is 0 Å². The summed E-state index contributed by atoms with van der Waals surface area (Å²) in [5, 5.41) is 18.3. The van der Waals surface area contributed by atoms with E-state index in [1.807, 2.05) is 0 Å². The predicted molar refractivity (Wildman–Crippen MR) is 55.7 cm³/mol. The van der Waals surface area contributed by atoms with E-state index in [9.17, 15) is 14.3 Å². The fourth-order valence-corrected chi connectivity index (χ4v) is 1.62. The van der Waals surface area contributed by atoms with Gasteiger partial charge in [-0.25, -0.2) is 9.18 Å². The maximum atomic E-state index is 12.3. The lowest BCUT2D eigenvalue weighted by Gasteiger charge is -2.12. The molecule has 1 aromatic rings. The highest BCUT2D eigenvalue weighted by atomic mass is 79.9. The third-order valence-corrected chi connectivity index (χ3v) is 2.36. The molecule has 1 rings (SSSR count). The fourth-order valence-electron chi connectivity index (χ4n) is 1.15. The van der Waals surface area contributed by atoms with Gasteiger partial charge in [-0.15, -0.1) is 0 Å². The molecule has 0 aliphatic heterocycles. The van der Waals surface area contributed by atoms with Crippen LogP contribution in [0.25, 0.3) is 0 Å². The Labute approximate surface area is 93.6 Å². The molecule has 0 radical (unpaired) electrons. The minimum atomic E-state index is -1.29. The van der Waals surface area contributed by atoms with Crippen LogP contribution >= 0.6 is 15.9 Å². The second-order valence-corrected chi connectivity index (χ2v) is 3.87. The SMILES string of the molecule is N[C@@H](CF)c1cc(Br)cc(C(=O)O)c1O. The minimum Gasteiger partial charge on any atom is -0.507 e. The highest BCUT2D eigenvalue weighted by Crippen LogP contribution is 2.31. The van der Waals surface area contributed by atoms with Gasteiger partial charge in [-0.1, -0.05) is 15.9 Å². The van der Waals surface area contributed by atoms with Gasteiger partial charge < -0.3 is 15.9 Å². The Bertz CT molecular complexity index is 397. The van der Waals surface area contributed by atoms with Crippen LogP contribution in [-0.2, 0) is 0 Å². The summed E-state index contributed by atoms with van der Waals surface area (Å²) in [5.74, 6) is -1.78. The first-order valence-corrected chi connectivity index (χ1v) is 4.84. The molecule has 0 spiro atoms. The average Bonchev–Trinajstić information content (AvgIpc) is 2.19. The molecule has 0 saturated heterocycles. The summed E-state index contributed by atoms with van der Waals surface area (Å²) in [4.78, 5) is 10.7. The number of carboxylic acids is 1. The van der Waals surface area contributed by atoms with E-state index in [0.717, 1.165) is 0 Å². The summed E-state index contributed by atoms with van der Waals surface area (Å²) < 4.78 is 12.7. The lowest BCUT2D eigenvalue weighted by Crippen LogP contribution is -2.13. The number of hydrogen-bond acceptors (Lipinski definition) is 3. The van der Waals surface area contributed by atoms with Gasteiger partial charge in [0, 0.05) is 10.0 Å². The Kier molecular flexibility index (Phi) is 3.65. The maximum absolute atomic E-state index is 12.3. The third kappa shape index (κ3) is 2.45. The standard InChI is InChI=1S/C9H9BrFNO3/c10-4-1-5(7(12)3-11)8(13)6(2-4)9(14)15/h1-2,7,13H,3,12H2,(H,14,15)/t7-/m0/s1. The number of alkyl halides is 1. The number of aromatic hydroxyl groups is 1. The summed E-state index contributed by atoms with van der Waals surface area (Å²) in [6, 6.07) is 1.60. The predicted octanol–water partition coefficient (Wildman–Crippen LogP) is 1.82. The lowest BCUT2D eigenvalue weighted by atomic mass is 10.0. The molecule has 0 unspecified atom stereocenters. The molecule has 6 heteroatoms. The van der Waals surface area contributed by atoms with E-state index in [4.69, 9.17) is 10.8 Å². The summed E-state index contributed by atoms with van der Waals surface area (Å²) in [5.41, 5.74) is 5.16. The molecule has 0 aliphatic carbocycles. The Hall–Kier alpha value is -1.14. The maximum Gasteiger partial charge on any atom is 0.339 e. The third-order valence-electron chi connectivity index (χ3n) is 1.90. The van der Waals surface area contributed by atoms with Crippen molar-refractivity contribution < 1.29 is 19.4 Å². The smallest absolute Gasteiger partial charge is 0.339 e. The molecule has 0 heterocycles. The van der Waals surface area contributed by atoms with Crippen molar-refractivity contribution in [3.8, 4) is 5.75 Å². The summed E-state index contributed by atoms with van der Waals surface area (Å²) in [6.07, 6.45) is 0. The van der Waals surface area contributed by atoms with Crippen molar-refractivity contribution in [1.82, 2.24) is 0 Å². The Morgan fingerprint density at radius 1 is 1.60 bits per heavy atom. The molecule has 4 nitrogen and oxygen atoms in total. The van der Waals surface area contributed by atoms with Gasteiger partial charge in [0.15, 0.2) is 0 Å². The summed E-state index contributed by atoms with van der Waals surface area (Å²) >= 11 is 3.06. The molecule has 0 aliphatic rings. The van der Waals surface area contributed by atoms with Gasteiger partial charge in [-0.05, 0) is 12.1 Å². The number of carboxylic acid groups (broad SMARTS) is 1. The van der Waals surface area contributed by atoms with E-state index in [1.165, 1.54) is 12.1 Å². The zero-order valence-corrected chi connectivity index (χ0v) is 9.16. The topological polar surface area (TPSA) is 83.6 Å². The van der Waals surface area contributed by atoms with Crippen molar-refractivity contribution in [2.75, 3.05) is 6.67 Å². The summed E-state index contributed by atoms with van der Waals surface area (Å²) in [6.45, 7) is -0.872. The van der Waals surface area contributed by atoms with Gasteiger partial charge in [0.2, 0.25) is 0 Å². The van der Waals surface area contributed by atoms with Crippen LogP contribution in [0.15, 0.2) is 16.6 Å². The Morgan fingerprint density at radius 3 is 2.67 bits per heavy atom. The second-order valence-electron chi connectivity index (χ2n) is 2.96. The van der Waals surface area contributed by atoms with Crippen LogP contribution in [0, 0.1) is 0 Å². The first-order valence-electron chi connectivity index (χ1n) is 4.04. The van der Waals surface area contributed by atoms with Gasteiger partial charge in [0.25, 0.3) is 0 Å². The number of nitrogens with two attached hydrogens (primary N) is 1. The number of rotatable bonds is 3. The normalized spacial score (nSPS) is 12.5. The molecule has 0 amide bonds. The quantitative estimate of drug-likeness (QED) is 0.787. The largest absolute Gasteiger partial charge is 0.507 e. The molecule has 15 heavy (non-hydrogen) atoms. The van der Waals surface area contributed by atoms with Gasteiger partial charge in [-0.2, -0.15) is 0 Å². The van der Waals surface area contributed by atoms with Crippen LogP contribution in [0.3, 0.4) is 0 Å². The zero-order chi connectivity index (χ0) is 11.6. The molecule has 0 saturated carbocycles. The van der Waals surface area contributed by atoms with E-state index in [-0.39, 0.29) is 11.1 Å². The van der Waals surface area contributed by atoms with Crippen LogP contribution in [0.5, 0.6) is 5.75 Å². The lowest BCUT2D eigenvalue weighted by molar-refractivity contribution is 0.0693.